The summed E-state index contributed by atoms with van der Waals surface area (Å²) in [5.74, 6) is -0.664. The van der Waals surface area contributed by atoms with Crippen LogP contribution >= 0.6 is 11.9 Å². The zero-order chi connectivity index (χ0) is 12.0. The van der Waals surface area contributed by atoms with Gasteiger partial charge in [-0.15, -0.1) is 0 Å². The maximum atomic E-state index is 10.6. The van der Waals surface area contributed by atoms with Gasteiger partial charge < -0.3 is 9.84 Å². The van der Waals surface area contributed by atoms with Crippen LogP contribution in [0.4, 0.5) is 0 Å². The van der Waals surface area contributed by atoms with Crippen molar-refractivity contribution in [2.24, 2.45) is 0 Å². The van der Waals surface area contributed by atoms with Gasteiger partial charge in [-0.3, -0.25) is 9.52 Å². The summed E-state index contributed by atoms with van der Waals surface area (Å²) in [4.78, 5) is 21.7. The number of carboxylic acids is 1. The van der Waals surface area contributed by atoms with Crippen LogP contribution in [0.1, 0.15) is 6.92 Å². The molecule has 0 atom stereocenters. The van der Waals surface area contributed by atoms with E-state index < -0.39 is 5.97 Å². The second-order valence-electron chi connectivity index (χ2n) is 2.91. The fraction of sp³-hybridized carbons (Fsp3) is 0.200. The molecular weight excluding hydrogens is 230 g/mol. The minimum atomic E-state index is -1.02. The molecule has 2 N–H and O–H groups in total. The molecule has 1 amide bonds. The van der Waals surface area contributed by atoms with E-state index in [4.69, 9.17) is 9.84 Å². The maximum Gasteiger partial charge on any atom is 0.341 e. The number of carbonyl (C=O) groups is 2. The highest BCUT2D eigenvalue weighted by Crippen LogP contribution is 2.18. The molecule has 0 aliphatic heterocycles. The first-order chi connectivity index (χ1) is 7.58. The van der Waals surface area contributed by atoms with Crippen molar-refractivity contribution < 1.29 is 19.4 Å². The lowest BCUT2D eigenvalue weighted by atomic mass is 10.3. The van der Waals surface area contributed by atoms with Gasteiger partial charge in [-0.2, -0.15) is 0 Å². The first-order valence-electron chi connectivity index (χ1n) is 4.46. The number of nitrogens with one attached hydrogen (secondary N) is 1. The van der Waals surface area contributed by atoms with E-state index in [2.05, 4.69) is 4.72 Å². The summed E-state index contributed by atoms with van der Waals surface area (Å²) in [5.41, 5.74) is 0. The lowest BCUT2D eigenvalue weighted by molar-refractivity contribution is -0.139. The van der Waals surface area contributed by atoms with Crippen molar-refractivity contribution in [1.29, 1.82) is 0 Å². The summed E-state index contributed by atoms with van der Waals surface area (Å²) in [6.07, 6.45) is 0. The zero-order valence-electron chi connectivity index (χ0n) is 8.60. The van der Waals surface area contributed by atoms with Crippen molar-refractivity contribution in [3.05, 3.63) is 24.3 Å². The van der Waals surface area contributed by atoms with Gasteiger partial charge in [0.1, 0.15) is 5.75 Å². The second kappa shape index (κ2) is 6.02. The number of carbonyl (C=O) groups excluding carboxylic acids is 1. The molecule has 0 bridgehead atoms. The highest BCUT2D eigenvalue weighted by atomic mass is 32.2. The SMILES string of the molecule is CC(=O)NSc1ccc(OCC(=O)O)cc1. The first kappa shape index (κ1) is 12.4. The lowest BCUT2D eigenvalue weighted by Gasteiger charge is -2.04. The second-order valence-corrected chi connectivity index (χ2v) is 3.79. The third-order valence-corrected chi connectivity index (χ3v) is 2.40. The molecule has 0 spiro atoms. The van der Waals surface area contributed by atoms with Gasteiger partial charge in [0.2, 0.25) is 5.91 Å². The van der Waals surface area contributed by atoms with Crippen molar-refractivity contribution in [3.63, 3.8) is 0 Å². The van der Waals surface area contributed by atoms with Crippen LogP contribution in [0, 0.1) is 0 Å². The Hall–Kier alpha value is -1.69. The van der Waals surface area contributed by atoms with E-state index in [0.717, 1.165) is 4.90 Å². The fourth-order valence-electron chi connectivity index (χ4n) is 0.880. The standard InChI is InChI=1S/C10H11NO4S/c1-7(12)11-16-9-4-2-8(3-5-9)15-6-10(13)14/h2-5H,6H2,1H3,(H,11,12)(H,13,14). The Morgan fingerprint density at radius 1 is 1.38 bits per heavy atom. The molecule has 86 valence electrons. The van der Waals surface area contributed by atoms with Gasteiger partial charge in [0, 0.05) is 11.8 Å². The monoisotopic (exact) mass is 241 g/mol. The first-order valence-corrected chi connectivity index (χ1v) is 5.27. The molecule has 0 radical (unpaired) electrons. The van der Waals surface area contributed by atoms with Crippen LogP contribution in [-0.4, -0.2) is 23.6 Å². The molecule has 0 unspecified atom stereocenters. The molecule has 6 heteroatoms. The van der Waals surface area contributed by atoms with Gasteiger partial charge in [0.15, 0.2) is 6.61 Å². The van der Waals surface area contributed by atoms with Crippen molar-refractivity contribution in [1.82, 2.24) is 4.72 Å². The summed E-state index contributed by atoms with van der Waals surface area (Å²) in [6, 6.07) is 6.76. The third kappa shape index (κ3) is 4.70. The minimum absolute atomic E-state index is 0.129. The lowest BCUT2D eigenvalue weighted by Crippen LogP contribution is -2.10. The van der Waals surface area contributed by atoms with Crippen LogP contribution in [0.25, 0.3) is 0 Å². The van der Waals surface area contributed by atoms with E-state index in [1.54, 1.807) is 24.3 Å². The molecule has 0 saturated heterocycles. The molecule has 1 rings (SSSR count). The Kier molecular flexibility index (Phi) is 4.65. The molecule has 1 aromatic rings. The molecule has 0 saturated carbocycles. The minimum Gasteiger partial charge on any atom is -0.482 e. The Labute approximate surface area is 96.9 Å². The number of ether oxygens (including phenoxy) is 1. The van der Waals surface area contributed by atoms with Crippen LogP contribution in [0.5, 0.6) is 5.75 Å². The average Bonchev–Trinajstić information content (AvgIpc) is 2.25. The van der Waals surface area contributed by atoms with Crippen molar-refractivity contribution >= 4 is 23.8 Å². The number of hydrogen-bond donors (Lipinski definition) is 2. The summed E-state index contributed by atoms with van der Waals surface area (Å²) in [7, 11) is 0. The molecule has 0 aliphatic carbocycles. The Morgan fingerprint density at radius 3 is 2.50 bits per heavy atom. The van der Waals surface area contributed by atoms with Crippen LogP contribution < -0.4 is 9.46 Å². The number of benzene rings is 1. The van der Waals surface area contributed by atoms with Gasteiger partial charge in [0.25, 0.3) is 0 Å². The van der Waals surface area contributed by atoms with Gasteiger partial charge in [0.05, 0.1) is 0 Å². The molecule has 16 heavy (non-hydrogen) atoms. The predicted octanol–water partition coefficient (Wildman–Crippen LogP) is 1.29. The van der Waals surface area contributed by atoms with Crippen molar-refractivity contribution in [2.75, 3.05) is 6.61 Å². The van der Waals surface area contributed by atoms with Gasteiger partial charge in [-0.05, 0) is 36.2 Å². The molecule has 0 heterocycles. The highest BCUT2D eigenvalue weighted by molar-refractivity contribution is 7.98. The fourth-order valence-corrected chi connectivity index (χ4v) is 1.41. The predicted molar refractivity (Wildman–Crippen MR) is 59.2 cm³/mol. The topological polar surface area (TPSA) is 75.6 Å². The summed E-state index contributed by atoms with van der Waals surface area (Å²) < 4.78 is 7.53. The number of carboxylic acid groups (broad SMARTS) is 1. The van der Waals surface area contributed by atoms with Gasteiger partial charge in [-0.25, -0.2) is 4.79 Å². The smallest absolute Gasteiger partial charge is 0.341 e. The van der Waals surface area contributed by atoms with E-state index >= 15 is 0 Å². The summed E-state index contributed by atoms with van der Waals surface area (Å²) in [5, 5.41) is 8.40. The van der Waals surface area contributed by atoms with E-state index in [-0.39, 0.29) is 12.5 Å². The van der Waals surface area contributed by atoms with Crippen LogP contribution in [0.2, 0.25) is 0 Å². The van der Waals surface area contributed by atoms with Crippen LogP contribution in [0.15, 0.2) is 29.2 Å². The van der Waals surface area contributed by atoms with Gasteiger partial charge >= 0.3 is 5.97 Å². The van der Waals surface area contributed by atoms with Crippen molar-refractivity contribution in [2.45, 2.75) is 11.8 Å². The summed E-state index contributed by atoms with van der Waals surface area (Å²) in [6.45, 7) is 1.07. The van der Waals surface area contributed by atoms with E-state index in [0.29, 0.717) is 5.75 Å². The third-order valence-electron chi connectivity index (χ3n) is 1.50. The molecule has 0 aliphatic rings. The number of hydrogen-bond acceptors (Lipinski definition) is 4. The Morgan fingerprint density at radius 2 is 2.00 bits per heavy atom. The van der Waals surface area contributed by atoms with E-state index in [9.17, 15) is 9.59 Å². The maximum absolute atomic E-state index is 10.6. The Bertz CT molecular complexity index is 340. The molecule has 5 nitrogen and oxygen atoms in total. The quantitative estimate of drug-likeness (QED) is 0.760. The summed E-state index contributed by atoms with van der Waals surface area (Å²) >= 11 is 1.19. The van der Waals surface area contributed by atoms with Crippen LogP contribution in [-0.2, 0) is 9.59 Å². The zero-order valence-corrected chi connectivity index (χ0v) is 9.41. The molecule has 0 fully saturated rings. The Balaban J connectivity index is 2.47. The van der Waals surface area contributed by atoms with Crippen LogP contribution in [0.3, 0.4) is 0 Å². The van der Waals surface area contributed by atoms with Crippen molar-refractivity contribution in [3.8, 4) is 5.75 Å². The molecule has 0 aromatic heterocycles. The number of rotatable bonds is 5. The normalized spacial score (nSPS) is 9.56. The highest BCUT2D eigenvalue weighted by Gasteiger charge is 2.00. The largest absolute Gasteiger partial charge is 0.482 e. The van der Waals surface area contributed by atoms with Gasteiger partial charge in [-0.1, -0.05) is 0 Å². The molecular formula is C10H11NO4S. The van der Waals surface area contributed by atoms with E-state index in [1.165, 1.54) is 18.9 Å². The average molecular weight is 241 g/mol. The number of aliphatic carboxylic acids is 1. The number of amides is 1. The molecule has 1 aromatic carbocycles. The van der Waals surface area contributed by atoms with E-state index in [1.807, 2.05) is 0 Å².